The van der Waals surface area contributed by atoms with Gasteiger partial charge in [0.2, 0.25) is 0 Å². The Labute approximate surface area is 86.8 Å². The second kappa shape index (κ2) is 3.49. The van der Waals surface area contributed by atoms with Gasteiger partial charge in [-0.05, 0) is 21.0 Å². The van der Waals surface area contributed by atoms with Crippen LogP contribution in [-0.2, 0) is 0 Å². The minimum absolute atomic E-state index is 0.444. The highest BCUT2D eigenvalue weighted by Crippen LogP contribution is 2.67. The molecule has 0 atom stereocenters. The molecular formula is C12H28S. The molecule has 0 heterocycles. The van der Waals surface area contributed by atoms with E-state index in [1.165, 1.54) is 0 Å². The maximum Gasteiger partial charge on any atom is -0.00780 e. The molecule has 82 valence electrons. The Morgan fingerprint density at radius 3 is 1.00 bits per heavy atom. The molecule has 0 rings (SSSR count). The lowest BCUT2D eigenvalue weighted by atomic mass is 10.2. The quantitative estimate of drug-likeness (QED) is 0.593. The lowest BCUT2D eigenvalue weighted by Gasteiger charge is -2.60. The lowest BCUT2D eigenvalue weighted by Crippen LogP contribution is -2.42. The van der Waals surface area contributed by atoms with E-state index in [9.17, 15) is 0 Å². The molecule has 0 amide bonds. The zero-order chi connectivity index (χ0) is 11.1. The van der Waals surface area contributed by atoms with Crippen LogP contribution < -0.4 is 0 Å². The smallest absolute Gasteiger partial charge is 0.00780 e. The number of rotatable bonds is 1. The zero-order valence-electron chi connectivity index (χ0n) is 11.0. The Balaban J connectivity index is 5.22. The van der Waals surface area contributed by atoms with Crippen molar-refractivity contribution in [3.63, 3.8) is 0 Å². The number of hydrogen-bond donors (Lipinski definition) is 0. The fourth-order valence-electron chi connectivity index (χ4n) is 2.33. The minimum Gasteiger partial charge on any atom is -0.232 e. The largest absolute Gasteiger partial charge is 0.232 e. The van der Waals surface area contributed by atoms with Gasteiger partial charge in [-0.3, -0.25) is 0 Å². The molecule has 0 saturated heterocycles. The third-order valence-electron chi connectivity index (χ3n) is 3.49. The van der Waals surface area contributed by atoms with Crippen LogP contribution in [0.15, 0.2) is 0 Å². The van der Waals surface area contributed by atoms with Crippen molar-refractivity contribution in [1.29, 1.82) is 0 Å². The molecule has 0 unspecified atom stereocenters. The Morgan fingerprint density at radius 2 is 1.00 bits per heavy atom. The van der Waals surface area contributed by atoms with Gasteiger partial charge in [0, 0.05) is 0 Å². The van der Waals surface area contributed by atoms with E-state index in [1.807, 2.05) is 0 Å². The molecule has 0 aromatic carbocycles. The van der Waals surface area contributed by atoms with E-state index >= 15 is 0 Å². The highest BCUT2D eigenvalue weighted by atomic mass is 32.3. The van der Waals surface area contributed by atoms with Gasteiger partial charge in [-0.2, -0.15) is 0 Å². The summed E-state index contributed by atoms with van der Waals surface area (Å²) >= 11 is 0. The molecule has 0 aliphatic heterocycles. The molecule has 0 aromatic rings. The summed E-state index contributed by atoms with van der Waals surface area (Å²) in [6, 6.07) is 0. The first kappa shape index (κ1) is 13.4. The van der Waals surface area contributed by atoms with Crippen molar-refractivity contribution >= 4 is 10.0 Å². The normalized spacial score (nSPS) is 16.5. The van der Waals surface area contributed by atoms with Crippen molar-refractivity contribution in [2.75, 3.05) is 6.26 Å². The molecule has 0 radical (unpaired) electrons. The molecule has 0 aliphatic rings. The number of hydrogen-bond acceptors (Lipinski definition) is 0. The first-order valence-electron chi connectivity index (χ1n) is 5.21. The van der Waals surface area contributed by atoms with E-state index in [4.69, 9.17) is 0 Å². The van der Waals surface area contributed by atoms with Crippen LogP contribution in [0.5, 0.6) is 0 Å². The topological polar surface area (TPSA) is 0 Å². The molecule has 0 saturated carbocycles. The summed E-state index contributed by atoms with van der Waals surface area (Å²) in [4.78, 5) is 0. The van der Waals surface area contributed by atoms with Crippen molar-refractivity contribution in [3.8, 4) is 0 Å². The Kier molecular flexibility index (Phi) is 3.58. The molecule has 0 aliphatic carbocycles. The van der Waals surface area contributed by atoms with Gasteiger partial charge in [0.25, 0.3) is 0 Å². The van der Waals surface area contributed by atoms with Crippen LogP contribution in [0.1, 0.15) is 55.4 Å². The second-order valence-corrected chi connectivity index (χ2v) is 11.6. The van der Waals surface area contributed by atoms with E-state index in [2.05, 4.69) is 61.6 Å². The van der Waals surface area contributed by atoms with Crippen LogP contribution in [0, 0.1) is 0 Å². The van der Waals surface area contributed by atoms with Crippen molar-refractivity contribution in [2.24, 2.45) is 0 Å². The Bertz CT molecular complexity index is 153. The first-order chi connectivity index (χ1) is 5.44. The molecule has 0 N–H and O–H groups in total. The maximum absolute atomic E-state index is 2.51. The van der Waals surface area contributed by atoms with Gasteiger partial charge in [-0.25, -0.2) is 10.0 Å². The summed E-state index contributed by atoms with van der Waals surface area (Å²) in [5.41, 5.74) is 0. The molecule has 1 heteroatoms. The van der Waals surface area contributed by atoms with Gasteiger partial charge in [-0.1, -0.05) is 55.4 Å². The van der Waals surface area contributed by atoms with E-state index in [0.29, 0.717) is 9.49 Å². The summed E-state index contributed by atoms with van der Waals surface area (Å²) in [6.45, 7) is 19.1. The summed E-state index contributed by atoms with van der Waals surface area (Å²) in [5.74, 6) is 0. The highest BCUT2D eigenvalue weighted by molar-refractivity contribution is 8.35. The van der Waals surface area contributed by atoms with Gasteiger partial charge in [0.05, 0.1) is 0 Å². The van der Waals surface area contributed by atoms with E-state index < -0.39 is 10.0 Å². The monoisotopic (exact) mass is 204 g/mol. The predicted octanol–water partition coefficient (Wildman–Crippen LogP) is 4.43. The second-order valence-electron chi connectivity index (χ2n) is 6.26. The maximum atomic E-state index is 2.51. The van der Waals surface area contributed by atoms with Crippen LogP contribution in [0.3, 0.4) is 0 Å². The zero-order valence-corrected chi connectivity index (χ0v) is 11.8. The molecule has 0 nitrogen and oxygen atoms in total. The van der Waals surface area contributed by atoms with E-state index in [-0.39, 0.29) is 0 Å². The average Bonchev–Trinajstić information content (AvgIpc) is 1.80. The predicted molar refractivity (Wildman–Crippen MR) is 68.2 cm³/mol. The standard InChI is InChI=1S/C12H28S/c1-10(2)13(9,11(3,4)5)12(6,7)8/h10H,1-9H3. The van der Waals surface area contributed by atoms with Crippen LogP contribution in [0.2, 0.25) is 0 Å². The SMILES string of the molecule is CC(C)S(C)(C(C)(C)C)C(C)(C)C. The van der Waals surface area contributed by atoms with Gasteiger partial charge in [0.15, 0.2) is 0 Å². The summed E-state index contributed by atoms with van der Waals surface area (Å²) in [5, 5.41) is 0.799. The van der Waals surface area contributed by atoms with Crippen LogP contribution in [-0.4, -0.2) is 21.0 Å². The fourth-order valence-corrected chi connectivity index (χ4v) is 7.00. The third-order valence-corrected chi connectivity index (χ3v) is 10.5. The lowest BCUT2D eigenvalue weighted by molar-refractivity contribution is 0.697. The summed E-state index contributed by atoms with van der Waals surface area (Å²) in [6.07, 6.45) is 2.51. The van der Waals surface area contributed by atoms with Gasteiger partial charge >= 0.3 is 0 Å². The van der Waals surface area contributed by atoms with Crippen LogP contribution >= 0.6 is 10.0 Å². The van der Waals surface area contributed by atoms with Crippen molar-refractivity contribution in [2.45, 2.75) is 70.1 Å². The van der Waals surface area contributed by atoms with Gasteiger partial charge < -0.3 is 0 Å². The van der Waals surface area contributed by atoms with Gasteiger partial charge in [-0.15, -0.1) is 0 Å². The van der Waals surface area contributed by atoms with Crippen LogP contribution in [0.4, 0.5) is 0 Å². The molecule has 0 fully saturated rings. The molecular weight excluding hydrogens is 176 g/mol. The minimum atomic E-state index is -0.588. The van der Waals surface area contributed by atoms with Crippen molar-refractivity contribution < 1.29 is 0 Å². The van der Waals surface area contributed by atoms with Crippen molar-refractivity contribution in [3.05, 3.63) is 0 Å². The molecule has 13 heavy (non-hydrogen) atoms. The fraction of sp³-hybridized carbons (Fsp3) is 1.00. The van der Waals surface area contributed by atoms with E-state index in [0.717, 1.165) is 5.25 Å². The Morgan fingerprint density at radius 1 is 0.769 bits per heavy atom. The first-order valence-corrected chi connectivity index (χ1v) is 7.31. The van der Waals surface area contributed by atoms with Gasteiger partial charge in [0.1, 0.15) is 0 Å². The molecule has 0 aromatic heterocycles. The van der Waals surface area contributed by atoms with E-state index in [1.54, 1.807) is 0 Å². The summed E-state index contributed by atoms with van der Waals surface area (Å²) < 4.78 is 0.888. The Hall–Kier alpha value is 0.350. The molecule has 0 spiro atoms. The van der Waals surface area contributed by atoms with Crippen LogP contribution in [0.25, 0.3) is 0 Å². The van der Waals surface area contributed by atoms with Crippen molar-refractivity contribution in [1.82, 2.24) is 0 Å². The summed E-state index contributed by atoms with van der Waals surface area (Å²) in [7, 11) is -0.588. The third kappa shape index (κ3) is 2.23. The average molecular weight is 204 g/mol. The highest BCUT2D eigenvalue weighted by Gasteiger charge is 2.43. The molecule has 0 bridgehead atoms.